The van der Waals surface area contributed by atoms with Crippen LogP contribution in [0.1, 0.15) is 31.4 Å². The molecule has 2 aromatic carbocycles. The van der Waals surface area contributed by atoms with Crippen LogP contribution in [0, 0.1) is 0 Å². The molecule has 1 N–H and O–H groups in total. The van der Waals surface area contributed by atoms with Crippen LogP contribution in [0.5, 0.6) is 11.5 Å². The standard InChI is InChI=1S/C25H22BrCl2NO6S/c1-4-20(30)29-24-21(25(32)34-5-2)22(31)19(36-24)10-13-8-16(26)23(18(9-13)33-3)35-12-14-6-7-15(27)11-17(14)28/h6-11,31H,4-5,12H2,1-3H3/b19-10-,29-24?. The number of hydrogen-bond acceptors (Lipinski definition) is 7. The minimum absolute atomic E-state index is 0.0925. The van der Waals surface area contributed by atoms with Crippen molar-refractivity contribution in [3.8, 4) is 11.5 Å². The molecule has 0 unspecified atom stereocenters. The number of aliphatic imine (C=N–C) groups is 1. The maximum absolute atomic E-state index is 12.4. The third kappa shape index (κ3) is 6.64. The monoisotopic (exact) mass is 613 g/mol. The quantitative estimate of drug-likeness (QED) is 0.316. The fraction of sp³-hybridized carbons (Fsp3) is 0.240. The average Bonchev–Trinajstić information content (AvgIpc) is 3.13. The van der Waals surface area contributed by atoms with Crippen molar-refractivity contribution in [2.45, 2.75) is 26.9 Å². The van der Waals surface area contributed by atoms with Crippen LogP contribution in [0.2, 0.25) is 10.0 Å². The van der Waals surface area contributed by atoms with E-state index in [1.54, 1.807) is 50.3 Å². The highest BCUT2D eigenvalue weighted by Gasteiger charge is 2.33. The molecule has 1 amide bonds. The highest BCUT2D eigenvalue weighted by molar-refractivity contribution is 9.10. The molecule has 0 bridgehead atoms. The van der Waals surface area contributed by atoms with E-state index in [1.807, 2.05) is 0 Å². The van der Waals surface area contributed by atoms with Crippen molar-refractivity contribution in [3.63, 3.8) is 0 Å². The fourth-order valence-corrected chi connectivity index (χ4v) is 5.16. The van der Waals surface area contributed by atoms with Crippen molar-refractivity contribution in [2.24, 2.45) is 4.99 Å². The maximum atomic E-state index is 12.4. The zero-order chi connectivity index (χ0) is 26.4. The Hall–Kier alpha value is -2.46. The average molecular weight is 615 g/mol. The number of aliphatic hydroxyl groups is 1. The number of nitrogens with zero attached hydrogens (tertiary/aromatic N) is 1. The Morgan fingerprint density at radius 1 is 1.19 bits per heavy atom. The molecule has 0 saturated carbocycles. The first-order valence-electron chi connectivity index (χ1n) is 10.7. The van der Waals surface area contributed by atoms with E-state index >= 15 is 0 Å². The van der Waals surface area contributed by atoms with Crippen molar-refractivity contribution in [1.29, 1.82) is 0 Å². The number of hydrogen-bond donors (Lipinski definition) is 1. The van der Waals surface area contributed by atoms with Crippen LogP contribution >= 0.6 is 50.9 Å². The second-order valence-corrected chi connectivity index (χ2v) is 10.0. The number of methoxy groups -OCH3 is 1. The van der Waals surface area contributed by atoms with Gasteiger partial charge in [0.05, 0.1) is 23.1 Å². The van der Waals surface area contributed by atoms with Gasteiger partial charge in [0, 0.05) is 22.0 Å². The lowest BCUT2D eigenvalue weighted by Gasteiger charge is -2.14. The molecule has 190 valence electrons. The molecule has 0 atom stereocenters. The lowest BCUT2D eigenvalue weighted by molar-refractivity contribution is -0.138. The van der Waals surface area contributed by atoms with E-state index in [0.29, 0.717) is 36.5 Å². The molecular formula is C25H22BrCl2NO6S. The van der Waals surface area contributed by atoms with Gasteiger partial charge < -0.3 is 19.3 Å². The molecule has 11 heteroatoms. The minimum atomic E-state index is -0.753. The first-order valence-corrected chi connectivity index (χ1v) is 13.1. The Bertz CT molecular complexity index is 1290. The Morgan fingerprint density at radius 3 is 2.58 bits per heavy atom. The fourth-order valence-electron chi connectivity index (χ4n) is 3.09. The lowest BCUT2D eigenvalue weighted by atomic mass is 10.1. The van der Waals surface area contributed by atoms with Crippen molar-refractivity contribution in [2.75, 3.05) is 13.7 Å². The molecular weight excluding hydrogens is 593 g/mol. The smallest absolute Gasteiger partial charge is 0.344 e. The molecule has 0 spiro atoms. The summed E-state index contributed by atoms with van der Waals surface area (Å²) in [6.07, 6.45) is 1.80. The molecule has 0 saturated heterocycles. The third-order valence-electron chi connectivity index (χ3n) is 4.84. The summed E-state index contributed by atoms with van der Waals surface area (Å²) in [7, 11) is 1.50. The van der Waals surface area contributed by atoms with Crippen LogP contribution in [0.3, 0.4) is 0 Å². The lowest BCUT2D eigenvalue weighted by Crippen LogP contribution is -2.14. The van der Waals surface area contributed by atoms with Gasteiger partial charge in [-0.1, -0.05) is 48.0 Å². The number of carbonyl (C=O) groups is 2. The van der Waals surface area contributed by atoms with Crippen LogP contribution in [0.15, 0.2) is 56.0 Å². The predicted molar refractivity (Wildman–Crippen MR) is 146 cm³/mol. The van der Waals surface area contributed by atoms with E-state index in [4.69, 9.17) is 37.4 Å². The van der Waals surface area contributed by atoms with Gasteiger partial charge in [-0.15, -0.1) is 0 Å². The van der Waals surface area contributed by atoms with Crippen LogP contribution in [0.4, 0.5) is 0 Å². The Kier molecular flexibility index (Phi) is 9.90. The highest BCUT2D eigenvalue weighted by atomic mass is 79.9. The topological polar surface area (TPSA) is 94.4 Å². The Balaban J connectivity index is 1.94. The summed E-state index contributed by atoms with van der Waals surface area (Å²) in [4.78, 5) is 28.6. The molecule has 3 rings (SSSR count). The number of esters is 1. The third-order valence-corrected chi connectivity index (χ3v) is 7.03. The summed E-state index contributed by atoms with van der Waals surface area (Å²) < 4.78 is 17.1. The molecule has 1 aliphatic heterocycles. The van der Waals surface area contributed by atoms with E-state index in [2.05, 4.69) is 20.9 Å². The number of amides is 1. The number of rotatable bonds is 8. The predicted octanol–water partition coefficient (Wildman–Crippen LogP) is 7.14. The van der Waals surface area contributed by atoms with Gasteiger partial charge in [-0.2, -0.15) is 0 Å². The summed E-state index contributed by atoms with van der Waals surface area (Å²) in [6.45, 7) is 3.60. The van der Waals surface area contributed by atoms with E-state index < -0.39 is 11.9 Å². The zero-order valence-corrected chi connectivity index (χ0v) is 23.5. The van der Waals surface area contributed by atoms with Gasteiger partial charge in [-0.25, -0.2) is 9.79 Å². The first kappa shape index (κ1) is 28.1. The molecule has 36 heavy (non-hydrogen) atoms. The molecule has 1 aliphatic rings. The van der Waals surface area contributed by atoms with Crippen molar-refractivity contribution in [3.05, 3.63) is 72.2 Å². The second-order valence-electron chi connectivity index (χ2n) is 7.28. The minimum Gasteiger partial charge on any atom is -0.506 e. The highest BCUT2D eigenvalue weighted by Crippen LogP contribution is 2.42. The number of thioether (sulfide) groups is 1. The van der Waals surface area contributed by atoms with Crippen molar-refractivity contribution < 1.29 is 28.9 Å². The molecule has 1 heterocycles. The number of carbonyl (C=O) groups excluding carboxylic acids is 2. The number of aliphatic hydroxyl groups excluding tert-OH is 1. The van der Waals surface area contributed by atoms with Gasteiger partial charge >= 0.3 is 5.97 Å². The van der Waals surface area contributed by atoms with Gasteiger partial charge in [-0.3, -0.25) is 4.79 Å². The molecule has 7 nitrogen and oxygen atoms in total. The Labute approximate surface area is 231 Å². The van der Waals surface area contributed by atoms with Gasteiger partial charge in [0.15, 0.2) is 11.5 Å². The zero-order valence-electron chi connectivity index (χ0n) is 19.6. The molecule has 0 aromatic heterocycles. The molecule has 0 aliphatic carbocycles. The molecule has 0 radical (unpaired) electrons. The summed E-state index contributed by atoms with van der Waals surface area (Å²) in [5, 5.41) is 11.9. The van der Waals surface area contributed by atoms with Crippen LogP contribution in [0.25, 0.3) is 6.08 Å². The van der Waals surface area contributed by atoms with Crippen molar-refractivity contribution >= 4 is 73.9 Å². The van der Waals surface area contributed by atoms with Gasteiger partial charge in [0.1, 0.15) is 23.0 Å². The summed E-state index contributed by atoms with van der Waals surface area (Å²) in [5.74, 6) is -0.605. The van der Waals surface area contributed by atoms with E-state index in [9.17, 15) is 14.7 Å². The SMILES string of the molecule is CCOC(=O)C1=C(O)/C(=C/c2cc(Br)c(OCc3ccc(Cl)cc3Cl)c(OC)c2)SC1=NC(=O)CC. The van der Waals surface area contributed by atoms with Crippen molar-refractivity contribution in [1.82, 2.24) is 0 Å². The van der Waals surface area contributed by atoms with Crippen LogP contribution in [-0.2, 0) is 20.9 Å². The van der Waals surface area contributed by atoms with E-state index in [1.165, 1.54) is 7.11 Å². The normalized spacial score (nSPS) is 15.5. The van der Waals surface area contributed by atoms with Gasteiger partial charge in [0.25, 0.3) is 0 Å². The molecule has 0 fully saturated rings. The summed E-state index contributed by atoms with van der Waals surface area (Å²) >= 11 is 16.7. The largest absolute Gasteiger partial charge is 0.506 e. The van der Waals surface area contributed by atoms with E-state index in [-0.39, 0.29) is 36.0 Å². The maximum Gasteiger partial charge on any atom is 0.344 e. The van der Waals surface area contributed by atoms with Crippen LogP contribution < -0.4 is 9.47 Å². The number of benzene rings is 2. The summed E-state index contributed by atoms with van der Waals surface area (Å²) in [5.41, 5.74) is 1.25. The van der Waals surface area contributed by atoms with Crippen LogP contribution in [-0.4, -0.2) is 35.7 Å². The Morgan fingerprint density at radius 2 is 1.94 bits per heavy atom. The number of ether oxygens (including phenoxy) is 3. The summed E-state index contributed by atoms with van der Waals surface area (Å²) in [6, 6.07) is 8.61. The van der Waals surface area contributed by atoms with Gasteiger partial charge in [-0.05, 0) is 58.8 Å². The number of halogens is 3. The van der Waals surface area contributed by atoms with E-state index in [0.717, 1.165) is 17.3 Å². The molecule has 2 aromatic rings. The first-order chi connectivity index (χ1) is 17.2. The second kappa shape index (κ2) is 12.7. The van der Waals surface area contributed by atoms with Gasteiger partial charge in [0.2, 0.25) is 5.91 Å².